The van der Waals surface area contributed by atoms with Gasteiger partial charge in [0.2, 0.25) is 0 Å². The van der Waals surface area contributed by atoms with Crippen molar-refractivity contribution in [3.05, 3.63) is 76.2 Å². The van der Waals surface area contributed by atoms with Crippen LogP contribution in [-0.2, 0) is 25.7 Å². The third kappa shape index (κ3) is 3.75. The normalized spacial score (nSPS) is 10.9. The fraction of sp³-hybridized carbons (Fsp3) is 0.381. The molecule has 0 aliphatic rings. The number of hydrogen-bond donors (Lipinski definition) is 0. The van der Waals surface area contributed by atoms with Gasteiger partial charge in [-0.25, -0.2) is 0 Å². The Kier molecular flexibility index (Phi) is 5.61. The Balaban J connectivity index is 2.33. The monoisotopic (exact) mass is 279 g/mol. The van der Waals surface area contributed by atoms with Gasteiger partial charge in [-0.05, 0) is 59.1 Å². The molecule has 0 atom stereocenters. The third-order valence-corrected chi connectivity index (χ3v) is 4.30. The van der Waals surface area contributed by atoms with E-state index in [9.17, 15) is 0 Å². The fourth-order valence-electron chi connectivity index (χ4n) is 2.82. The zero-order valence-electron chi connectivity index (χ0n) is 13.9. The first-order chi connectivity index (χ1) is 10.2. The quantitative estimate of drug-likeness (QED) is 0.651. The largest absolute Gasteiger partial charge is 0.0613 e. The molecule has 0 spiro atoms. The van der Waals surface area contributed by atoms with E-state index in [1.165, 1.54) is 33.4 Å². The van der Waals surface area contributed by atoms with Gasteiger partial charge in [0.15, 0.2) is 0 Å². The van der Waals surface area contributed by atoms with Crippen LogP contribution in [0.3, 0.4) is 0 Å². The highest BCUT2D eigenvalue weighted by Gasteiger charge is 2.07. The molecule has 21 heavy (non-hydrogen) atoms. The smallest absolute Gasteiger partial charge is 0.0204 e. The molecule has 0 heteroatoms. The van der Waals surface area contributed by atoms with Gasteiger partial charge in [0.1, 0.15) is 0 Å². The van der Waals surface area contributed by atoms with Crippen molar-refractivity contribution >= 4 is 0 Å². The maximum Gasteiger partial charge on any atom is 0.0204 e. The van der Waals surface area contributed by atoms with E-state index in [0.717, 1.165) is 25.7 Å². The number of hydrogen-bond acceptors (Lipinski definition) is 0. The van der Waals surface area contributed by atoms with Crippen LogP contribution in [0.25, 0.3) is 0 Å². The molecule has 0 saturated carbocycles. The zero-order valence-corrected chi connectivity index (χ0v) is 13.9. The first-order valence-electron chi connectivity index (χ1n) is 8.30. The molecule has 0 unspecified atom stereocenters. The van der Waals surface area contributed by atoms with Crippen LogP contribution in [0.15, 0.2) is 36.4 Å². The molecule has 1 radical (unpaired) electrons. The van der Waals surface area contributed by atoms with Crippen LogP contribution in [-0.4, -0.2) is 0 Å². The lowest BCUT2D eigenvalue weighted by atomic mass is 9.92. The molecule has 0 fully saturated rings. The van der Waals surface area contributed by atoms with Gasteiger partial charge in [-0.3, -0.25) is 0 Å². The molecule has 2 rings (SSSR count). The standard InChI is InChI=1S/C21H27/c1-5-16-9-11-20(18(7-3)13-16)15-21-12-10-17(6-2)14-19(21)8-4/h9-15H,5-8H2,1-4H3. The Hall–Kier alpha value is -1.56. The van der Waals surface area contributed by atoms with Gasteiger partial charge in [-0.15, -0.1) is 0 Å². The zero-order chi connectivity index (χ0) is 15.2. The van der Waals surface area contributed by atoms with Crippen LogP contribution in [0.4, 0.5) is 0 Å². The van der Waals surface area contributed by atoms with Crippen LogP contribution in [0.2, 0.25) is 0 Å². The maximum absolute atomic E-state index is 2.36. The minimum atomic E-state index is 1.09. The van der Waals surface area contributed by atoms with Crippen molar-refractivity contribution in [2.75, 3.05) is 0 Å². The van der Waals surface area contributed by atoms with Crippen LogP contribution in [0.1, 0.15) is 61.1 Å². The first-order valence-corrected chi connectivity index (χ1v) is 8.30. The van der Waals surface area contributed by atoms with Crippen molar-refractivity contribution in [2.24, 2.45) is 0 Å². The predicted octanol–water partition coefficient (Wildman–Crippen LogP) is 5.54. The van der Waals surface area contributed by atoms with Crippen molar-refractivity contribution in [2.45, 2.75) is 53.4 Å². The van der Waals surface area contributed by atoms with Gasteiger partial charge in [0, 0.05) is 6.42 Å². The molecule has 0 amide bonds. The Morgan fingerprint density at radius 3 is 1.38 bits per heavy atom. The molecule has 111 valence electrons. The SMILES string of the molecule is CCc1ccc([CH]c2ccc(CC)cc2CC)c(CC)c1. The van der Waals surface area contributed by atoms with Gasteiger partial charge in [0.25, 0.3) is 0 Å². The number of rotatable bonds is 6. The second-order valence-electron chi connectivity index (χ2n) is 5.62. The number of benzene rings is 2. The van der Waals surface area contributed by atoms with Gasteiger partial charge in [-0.1, -0.05) is 64.1 Å². The highest BCUT2D eigenvalue weighted by atomic mass is 14.1. The summed E-state index contributed by atoms with van der Waals surface area (Å²) in [5.41, 5.74) is 8.51. The molecular weight excluding hydrogens is 252 g/mol. The summed E-state index contributed by atoms with van der Waals surface area (Å²) < 4.78 is 0. The van der Waals surface area contributed by atoms with Crippen molar-refractivity contribution < 1.29 is 0 Å². The Bertz CT molecular complexity index is 539. The van der Waals surface area contributed by atoms with E-state index in [1.54, 1.807) is 0 Å². The first kappa shape index (κ1) is 15.8. The molecule has 0 heterocycles. The molecule has 0 aliphatic carbocycles. The second-order valence-corrected chi connectivity index (χ2v) is 5.62. The lowest BCUT2D eigenvalue weighted by Crippen LogP contribution is -1.98. The summed E-state index contributed by atoms with van der Waals surface area (Å²) in [7, 11) is 0. The third-order valence-electron chi connectivity index (χ3n) is 4.30. The average Bonchev–Trinajstić information content (AvgIpc) is 2.55. The minimum Gasteiger partial charge on any atom is -0.0613 e. The molecule has 2 aromatic carbocycles. The Morgan fingerprint density at radius 2 is 1.05 bits per heavy atom. The van der Waals surface area contributed by atoms with Crippen LogP contribution < -0.4 is 0 Å². The van der Waals surface area contributed by atoms with Crippen molar-refractivity contribution in [1.82, 2.24) is 0 Å². The van der Waals surface area contributed by atoms with E-state index in [2.05, 4.69) is 70.5 Å². The fourth-order valence-corrected chi connectivity index (χ4v) is 2.82. The van der Waals surface area contributed by atoms with Crippen LogP contribution in [0, 0.1) is 6.42 Å². The summed E-state index contributed by atoms with van der Waals surface area (Å²) in [4.78, 5) is 0. The minimum absolute atomic E-state index is 1.09. The molecule has 0 aliphatic heterocycles. The van der Waals surface area contributed by atoms with E-state index in [-0.39, 0.29) is 0 Å². The summed E-state index contributed by atoms with van der Waals surface area (Å²) in [5.74, 6) is 0. The predicted molar refractivity (Wildman–Crippen MR) is 92.9 cm³/mol. The summed E-state index contributed by atoms with van der Waals surface area (Å²) in [6, 6.07) is 13.8. The summed E-state index contributed by atoms with van der Waals surface area (Å²) >= 11 is 0. The van der Waals surface area contributed by atoms with Crippen LogP contribution in [0.5, 0.6) is 0 Å². The molecule has 2 aromatic rings. The molecule has 0 nitrogen and oxygen atoms in total. The summed E-state index contributed by atoms with van der Waals surface area (Å²) in [6.45, 7) is 8.92. The molecule has 0 saturated heterocycles. The van der Waals surface area contributed by atoms with Gasteiger partial charge in [-0.2, -0.15) is 0 Å². The lowest BCUT2D eigenvalue weighted by Gasteiger charge is -2.13. The molecule has 0 aromatic heterocycles. The maximum atomic E-state index is 2.36. The Labute approximate surface area is 130 Å². The second kappa shape index (κ2) is 7.45. The van der Waals surface area contributed by atoms with Crippen molar-refractivity contribution in [3.63, 3.8) is 0 Å². The van der Waals surface area contributed by atoms with Gasteiger partial charge < -0.3 is 0 Å². The van der Waals surface area contributed by atoms with Gasteiger partial charge >= 0.3 is 0 Å². The summed E-state index contributed by atoms with van der Waals surface area (Å²) in [6.07, 6.45) is 6.76. The summed E-state index contributed by atoms with van der Waals surface area (Å²) in [5, 5.41) is 0. The van der Waals surface area contributed by atoms with E-state index in [4.69, 9.17) is 0 Å². The Morgan fingerprint density at radius 1 is 0.619 bits per heavy atom. The topological polar surface area (TPSA) is 0 Å². The highest BCUT2D eigenvalue weighted by molar-refractivity contribution is 5.47. The molecular formula is C21H27. The highest BCUT2D eigenvalue weighted by Crippen LogP contribution is 2.23. The lowest BCUT2D eigenvalue weighted by molar-refractivity contribution is 1.05. The average molecular weight is 279 g/mol. The molecule has 0 N–H and O–H groups in total. The van der Waals surface area contributed by atoms with Gasteiger partial charge in [0.05, 0.1) is 0 Å². The van der Waals surface area contributed by atoms with Crippen LogP contribution >= 0.6 is 0 Å². The van der Waals surface area contributed by atoms with E-state index in [0.29, 0.717) is 0 Å². The van der Waals surface area contributed by atoms with E-state index < -0.39 is 0 Å². The van der Waals surface area contributed by atoms with E-state index >= 15 is 0 Å². The van der Waals surface area contributed by atoms with Crippen molar-refractivity contribution in [1.29, 1.82) is 0 Å². The van der Waals surface area contributed by atoms with E-state index in [1.807, 2.05) is 0 Å². The van der Waals surface area contributed by atoms with Crippen molar-refractivity contribution in [3.8, 4) is 0 Å². The number of aryl methyl sites for hydroxylation is 4. The molecule has 0 bridgehead atoms.